The summed E-state index contributed by atoms with van der Waals surface area (Å²) in [7, 11) is 0. The third-order valence-electron chi connectivity index (χ3n) is 3.63. The fourth-order valence-corrected chi connectivity index (χ4v) is 2.29. The lowest BCUT2D eigenvalue weighted by Gasteiger charge is -2.04. The van der Waals surface area contributed by atoms with Gasteiger partial charge in [0.2, 0.25) is 5.90 Å². The summed E-state index contributed by atoms with van der Waals surface area (Å²) in [4.78, 5) is 16.0. The Morgan fingerprint density at radius 3 is 2.43 bits per heavy atom. The zero-order valence-electron chi connectivity index (χ0n) is 12.9. The van der Waals surface area contributed by atoms with Crippen molar-refractivity contribution in [2.75, 3.05) is 0 Å². The number of aliphatic imine (C=N–C) groups is 1. The number of ether oxygens (including phenoxy) is 1. The number of halogens is 1. The summed E-state index contributed by atoms with van der Waals surface area (Å²) in [6.45, 7) is 4.24. The van der Waals surface area contributed by atoms with Crippen molar-refractivity contribution in [1.29, 1.82) is 0 Å². The summed E-state index contributed by atoms with van der Waals surface area (Å²) < 4.78 is 18.8. The first kappa shape index (κ1) is 15.2. The predicted octanol–water partition coefficient (Wildman–Crippen LogP) is 4.29. The second-order valence-corrected chi connectivity index (χ2v) is 5.64. The Labute approximate surface area is 134 Å². The van der Waals surface area contributed by atoms with E-state index in [2.05, 4.69) is 18.8 Å². The number of hydrogen-bond donors (Lipinski definition) is 0. The van der Waals surface area contributed by atoms with Crippen LogP contribution in [0.2, 0.25) is 0 Å². The van der Waals surface area contributed by atoms with Crippen molar-refractivity contribution in [3.63, 3.8) is 0 Å². The minimum atomic E-state index is -0.573. The average molecular weight is 309 g/mol. The minimum absolute atomic E-state index is 0.00171. The Bertz CT molecular complexity index is 804. The van der Waals surface area contributed by atoms with Gasteiger partial charge in [-0.25, -0.2) is 14.2 Å². The monoisotopic (exact) mass is 309 g/mol. The van der Waals surface area contributed by atoms with Crippen molar-refractivity contribution in [3.8, 4) is 0 Å². The maximum Gasteiger partial charge on any atom is 0.363 e. The van der Waals surface area contributed by atoms with Crippen molar-refractivity contribution in [3.05, 3.63) is 76.7 Å². The van der Waals surface area contributed by atoms with Crippen molar-refractivity contribution in [1.82, 2.24) is 0 Å². The van der Waals surface area contributed by atoms with E-state index in [1.165, 1.54) is 17.7 Å². The van der Waals surface area contributed by atoms with Crippen LogP contribution in [-0.2, 0) is 9.53 Å². The van der Waals surface area contributed by atoms with Crippen LogP contribution in [0.25, 0.3) is 6.08 Å². The smallest absolute Gasteiger partial charge is 0.363 e. The van der Waals surface area contributed by atoms with E-state index in [0.29, 0.717) is 5.92 Å². The Balaban J connectivity index is 1.90. The van der Waals surface area contributed by atoms with Gasteiger partial charge in [-0.05, 0) is 35.3 Å². The highest BCUT2D eigenvalue weighted by molar-refractivity contribution is 6.12. The molecule has 1 aliphatic heterocycles. The lowest BCUT2D eigenvalue weighted by Crippen LogP contribution is -2.07. The summed E-state index contributed by atoms with van der Waals surface area (Å²) in [5, 5.41) is 0. The highest BCUT2D eigenvalue weighted by atomic mass is 19.1. The van der Waals surface area contributed by atoms with Gasteiger partial charge in [0.05, 0.1) is 5.56 Å². The molecule has 0 unspecified atom stereocenters. The minimum Gasteiger partial charge on any atom is -0.402 e. The van der Waals surface area contributed by atoms with E-state index < -0.39 is 11.8 Å². The van der Waals surface area contributed by atoms with Gasteiger partial charge >= 0.3 is 5.97 Å². The molecule has 0 bridgehead atoms. The lowest BCUT2D eigenvalue weighted by molar-refractivity contribution is -0.129. The maximum atomic E-state index is 13.8. The van der Waals surface area contributed by atoms with E-state index in [-0.39, 0.29) is 17.2 Å². The molecule has 0 aromatic heterocycles. The normalized spacial score (nSPS) is 15.9. The van der Waals surface area contributed by atoms with Crippen molar-refractivity contribution in [2.24, 2.45) is 4.99 Å². The highest BCUT2D eigenvalue weighted by Crippen LogP contribution is 2.21. The molecule has 0 N–H and O–H groups in total. The number of carbonyl (C=O) groups is 1. The molecule has 0 radical (unpaired) electrons. The molecule has 2 aromatic carbocycles. The van der Waals surface area contributed by atoms with Gasteiger partial charge in [0.15, 0.2) is 5.70 Å². The molecule has 0 saturated carbocycles. The van der Waals surface area contributed by atoms with Crippen LogP contribution in [0.15, 0.2) is 59.2 Å². The van der Waals surface area contributed by atoms with Gasteiger partial charge in [-0.15, -0.1) is 0 Å². The van der Waals surface area contributed by atoms with Gasteiger partial charge in [-0.3, -0.25) is 0 Å². The standard InChI is InChI=1S/C19H16FNO2/c1-12(2)14-9-7-13(8-10-14)11-17-19(22)23-18(21-17)15-5-3-4-6-16(15)20/h3-12H,1-2H3/b17-11+. The van der Waals surface area contributed by atoms with Crippen molar-refractivity contribution < 1.29 is 13.9 Å². The summed E-state index contributed by atoms with van der Waals surface area (Å²) >= 11 is 0. The number of carbonyl (C=O) groups excluding carboxylic acids is 1. The third kappa shape index (κ3) is 3.21. The molecule has 0 saturated heterocycles. The molecule has 4 heteroatoms. The van der Waals surface area contributed by atoms with Crippen LogP contribution in [-0.4, -0.2) is 11.9 Å². The van der Waals surface area contributed by atoms with Gasteiger partial charge < -0.3 is 4.74 Å². The van der Waals surface area contributed by atoms with Crippen molar-refractivity contribution in [2.45, 2.75) is 19.8 Å². The Morgan fingerprint density at radius 1 is 1.09 bits per heavy atom. The van der Waals surface area contributed by atoms with E-state index in [9.17, 15) is 9.18 Å². The SMILES string of the molecule is CC(C)c1ccc(/C=C2/N=C(c3ccccc3F)OC2=O)cc1. The van der Waals surface area contributed by atoms with Crippen LogP contribution in [0.3, 0.4) is 0 Å². The van der Waals surface area contributed by atoms with Gasteiger partial charge in [0.25, 0.3) is 0 Å². The fourth-order valence-electron chi connectivity index (χ4n) is 2.29. The molecular weight excluding hydrogens is 293 g/mol. The van der Waals surface area contributed by atoms with Crippen LogP contribution in [0, 0.1) is 5.82 Å². The predicted molar refractivity (Wildman–Crippen MR) is 87.5 cm³/mol. The lowest BCUT2D eigenvalue weighted by atomic mass is 10.0. The first-order chi connectivity index (χ1) is 11.0. The summed E-state index contributed by atoms with van der Waals surface area (Å²) in [6, 6.07) is 13.9. The zero-order valence-corrected chi connectivity index (χ0v) is 12.9. The van der Waals surface area contributed by atoms with Gasteiger partial charge in [0, 0.05) is 0 Å². The molecule has 0 atom stereocenters. The summed E-state index contributed by atoms with van der Waals surface area (Å²) in [5.41, 5.74) is 2.41. The molecule has 116 valence electrons. The molecule has 1 heterocycles. The summed E-state index contributed by atoms with van der Waals surface area (Å²) in [6.07, 6.45) is 1.64. The van der Waals surface area contributed by atoms with Crippen LogP contribution >= 0.6 is 0 Å². The Kier molecular flexibility index (Phi) is 4.06. The molecule has 0 spiro atoms. The maximum absolute atomic E-state index is 13.8. The van der Waals surface area contributed by atoms with E-state index >= 15 is 0 Å². The molecule has 1 aliphatic rings. The molecular formula is C19H16FNO2. The molecule has 2 aromatic rings. The number of benzene rings is 2. The zero-order chi connectivity index (χ0) is 16.4. The molecule has 0 fully saturated rings. The van der Waals surface area contributed by atoms with Crippen LogP contribution in [0.5, 0.6) is 0 Å². The van der Waals surface area contributed by atoms with E-state index in [0.717, 1.165) is 5.56 Å². The number of hydrogen-bond acceptors (Lipinski definition) is 3. The Hall–Kier alpha value is -2.75. The van der Waals surface area contributed by atoms with Gasteiger partial charge in [0.1, 0.15) is 5.82 Å². The Morgan fingerprint density at radius 2 is 1.78 bits per heavy atom. The molecule has 23 heavy (non-hydrogen) atoms. The highest BCUT2D eigenvalue weighted by Gasteiger charge is 2.25. The first-order valence-electron chi connectivity index (χ1n) is 7.42. The fraction of sp³-hybridized carbons (Fsp3) is 0.158. The molecule has 3 rings (SSSR count). The van der Waals surface area contributed by atoms with Gasteiger partial charge in [-0.2, -0.15) is 0 Å². The number of cyclic esters (lactones) is 1. The largest absolute Gasteiger partial charge is 0.402 e. The second kappa shape index (κ2) is 6.16. The van der Waals surface area contributed by atoms with Crippen LogP contribution in [0.4, 0.5) is 4.39 Å². The van der Waals surface area contributed by atoms with E-state index in [1.54, 1.807) is 18.2 Å². The topological polar surface area (TPSA) is 38.7 Å². The van der Waals surface area contributed by atoms with E-state index in [1.807, 2.05) is 24.3 Å². The first-order valence-corrected chi connectivity index (χ1v) is 7.42. The summed E-state index contributed by atoms with van der Waals surface area (Å²) in [5.74, 6) is -0.602. The van der Waals surface area contributed by atoms with Crippen molar-refractivity contribution >= 4 is 17.9 Å². The molecule has 0 amide bonds. The second-order valence-electron chi connectivity index (χ2n) is 5.64. The average Bonchev–Trinajstić information content (AvgIpc) is 2.89. The number of nitrogens with zero attached hydrogens (tertiary/aromatic N) is 1. The number of esters is 1. The van der Waals surface area contributed by atoms with Gasteiger partial charge in [-0.1, -0.05) is 50.2 Å². The van der Waals surface area contributed by atoms with Crippen LogP contribution < -0.4 is 0 Å². The molecule has 0 aliphatic carbocycles. The third-order valence-corrected chi connectivity index (χ3v) is 3.63. The van der Waals surface area contributed by atoms with E-state index in [4.69, 9.17) is 4.74 Å². The number of rotatable bonds is 3. The van der Waals surface area contributed by atoms with Crippen LogP contribution in [0.1, 0.15) is 36.5 Å². The molecule has 3 nitrogen and oxygen atoms in total. The quantitative estimate of drug-likeness (QED) is 0.626.